The van der Waals surface area contributed by atoms with Gasteiger partial charge in [-0.25, -0.2) is 0 Å². The predicted octanol–water partition coefficient (Wildman–Crippen LogP) is 4.22. The molecule has 122 valence electrons. The minimum absolute atomic E-state index is 0.165. The van der Waals surface area contributed by atoms with Crippen LogP contribution in [0.15, 0.2) is 48.5 Å². The molecule has 3 nitrogen and oxygen atoms in total. The molecular formula is C19H22ClNO2. The van der Waals surface area contributed by atoms with E-state index in [0.29, 0.717) is 6.61 Å². The molecule has 1 unspecified atom stereocenters. The molecule has 0 aromatic heterocycles. The number of nitrogens with two attached hydrogens (primary N) is 1. The van der Waals surface area contributed by atoms with Crippen molar-refractivity contribution in [1.82, 2.24) is 0 Å². The van der Waals surface area contributed by atoms with Crippen LogP contribution in [-0.2, 0) is 16.0 Å². The third kappa shape index (κ3) is 5.70. The van der Waals surface area contributed by atoms with Gasteiger partial charge < -0.3 is 10.5 Å². The van der Waals surface area contributed by atoms with Crippen LogP contribution in [-0.4, -0.2) is 18.6 Å². The topological polar surface area (TPSA) is 52.3 Å². The third-order valence-corrected chi connectivity index (χ3v) is 3.88. The zero-order valence-electron chi connectivity index (χ0n) is 13.3. The largest absolute Gasteiger partial charge is 0.466 e. The summed E-state index contributed by atoms with van der Waals surface area (Å²) in [7, 11) is 0. The summed E-state index contributed by atoms with van der Waals surface area (Å²) in [5, 5.41) is 0.733. The molecule has 4 heteroatoms. The summed E-state index contributed by atoms with van der Waals surface area (Å²) in [4.78, 5) is 11.4. The Morgan fingerprint density at radius 3 is 2.57 bits per heavy atom. The maximum atomic E-state index is 11.4. The summed E-state index contributed by atoms with van der Waals surface area (Å²) >= 11 is 6.02. The van der Waals surface area contributed by atoms with E-state index in [1.165, 1.54) is 5.56 Å². The van der Waals surface area contributed by atoms with E-state index in [4.69, 9.17) is 22.1 Å². The number of esters is 1. The molecule has 1 atom stereocenters. The zero-order valence-corrected chi connectivity index (χ0v) is 14.1. The number of benzene rings is 2. The molecule has 0 aliphatic heterocycles. The van der Waals surface area contributed by atoms with Gasteiger partial charge in [0.1, 0.15) is 0 Å². The van der Waals surface area contributed by atoms with Gasteiger partial charge in [0.15, 0.2) is 0 Å². The van der Waals surface area contributed by atoms with Crippen LogP contribution in [0.4, 0.5) is 0 Å². The summed E-state index contributed by atoms with van der Waals surface area (Å²) in [5.41, 5.74) is 9.41. The van der Waals surface area contributed by atoms with Crippen molar-refractivity contribution in [3.8, 4) is 11.1 Å². The first kappa shape index (κ1) is 17.5. The Morgan fingerprint density at radius 1 is 1.17 bits per heavy atom. The Kier molecular flexibility index (Phi) is 6.63. The molecule has 0 bridgehead atoms. The van der Waals surface area contributed by atoms with Crippen molar-refractivity contribution in [2.45, 2.75) is 32.2 Å². The Hall–Kier alpha value is -1.84. The molecule has 23 heavy (non-hydrogen) atoms. The van der Waals surface area contributed by atoms with Crippen LogP contribution in [0.5, 0.6) is 0 Å². The Bertz CT molecular complexity index is 640. The minimum atomic E-state index is -0.226. The standard InChI is InChI=1S/C19H22ClNO2/c1-2-23-19(22)13-18(21)11-8-14-6-9-15(10-7-14)16-4-3-5-17(20)12-16/h3-7,9-10,12,18H,2,8,11,13,21H2,1H3. The Labute approximate surface area is 142 Å². The van der Waals surface area contributed by atoms with Gasteiger partial charge in [0.25, 0.3) is 0 Å². The second kappa shape index (κ2) is 8.70. The van der Waals surface area contributed by atoms with E-state index >= 15 is 0 Å². The van der Waals surface area contributed by atoms with E-state index in [1.54, 1.807) is 6.92 Å². The molecule has 0 aliphatic carbocycles. The molecule has 2 N–H and O–H groups in total. The highest BCUT2D eigenvalue weighted by Gasteiger charge is 2.10. The van der Waals surface area contributed by atoms with Gasteiger partial charge in [-0.1, -0.05) is 48.0 Å². The summed E-state index contributed by atoms with van der Waals surface area (Å²) in [5.74, 6) is -0.226. The zero-order chi connectivity index (χ0) is 16.7. The van der Waals surface area contributed by atoms with Crippen molar-refractivity contribution < 1.29 is 9.53 Å². The van der Waals surface area contributed by atoms with Crippen molar-refractivity contribution in [2.24, 2.45) is 5.73 Å². The first-order chi connectivity index (χ1) is 11.1. The van der Waals surface area contributed by atoms with E-state index in [9.17, 15) is 4.79 Å². The number of halogens is 1. The molecule has 0 spiro atoms. The van der Waals surface area contributed by atoms with Gasteiger partial charge in [-0.2, -0.15) is 0 Å². The number of rotatable bonds is 7. The fourth-order valence-corrected chi connectivity index (χ4v) is 2.61. The molecular weight excluding hydrogens is 310 g/mol. The summed E-state index contributed by atoms with van der Waals surface area (Å²) in [6, 6.07) is 16.0. The predicted molar refractivity (Wildman–Crippen MR) is 94.4 cm³/mol. The van der Waals surface area contributed by atoms with Crippen LogP contribution >= 0.6 is 11.6 Å². The smallest absolute Gasteiger partial charge is 0.307 e. The van der Waals surface area contributed by atoms with Gasteiger partial charge in [0, 0.05) is 11.1 Å². The lowest BCUT2D eigenvalue weighted by Crippen LogP contribution is -2.25. The Balaban J connectivity index is 1.89. The molecule has 0 saturated heterocycles. The number of carbonyl (C=O) groups excluding carboxylic acids is 1. The maximum Gasteiger partial charge on any atom is 0.307 e. The van der Waals surface area contributed by atoms with Crippen LogP contribution in [0.25, 0.3) is 11.1 Å². The highest BCUT2D eigenvalue weighted by Crippen LogP contribution is 2.23. The van der Waals surface area contributed by atoms with Gasteiger partial charge in [0.05, 0.1) is 13.0 Å². The van der Waals surface area contributed by atoms with Crippen molar-refractivity contribution >= 4 is 17.6 Å². The molecule has 0 heterocycles. The third-order valence-electron chi connectivity index (χ3n) is 3.65. The summed E-state index contributed by atoms with van der Waals surface area (Å²) < 4.78 is 4.91. The first-order valence-electron chi connectivity index (χ1n) is 7.84. The van der Waals surface area contributed by atoms with Crippen molar-refractivity contribution in [2.75, 3.05) is 6.61 Å². The number of hydrogen-bond donors (Lipinski definition) is 1. The molecule has 0 amide bonds. The summed E-state index contributed by atoms with van der Waals surface area (Å²) in [6.07, 6.45) is 1.88. The van der Waals surface area contributed by atoms with Gasteiger partial charge >= 0.3 is 5.97 Å². The van der Waals surface area contributed by atoms with Crippen LogP contribution in [0.2, 0.25) is 5.02 Å². The fourth-order valence-electron chi connectivity index (χ4n) is 2.42. The fraction of sp³-hybridized carbons (Fsp3) is 0.316. The molecule has 2 rings (SSSR count). The lowest BCUT2D eigenvalue weighted by molar-refractivity contribution is -0.143. The van der Waals surface area contributed by atoms with Gasteiger partial charge in [0.2, 0.25) is 0 Å². The van der Waals surface area contributed by atoms with E-state index in [1.807, 2.05) is 24.3 Å². The number of carbonyl (C=O) groups is 1. The van der Waals surface area contributed by atoms with Crippen molar-refractivity contribution in [3.63, 3.8) is 0 Å². The summed E-state index contributed by atoms with van der Waals surface area (Å²) in [6.45, 7) is 2.20. The van der Waals surface area contributed by atoms with Crippen LogP contribution in [0, 0.1) is 0 Å². The highest BCUT2D eigenvalue weighted by molar-refractivity contribution is 6.30. The van der Waals surface area contributed by atoms with Gasteiger partial charge in [-0.3, -0.25) is 4.79 Å². The quantitative estimate of drug-likeness (QED) is 0.773. The second-order valence-electron chi connectivity index (χ2n) is 5.52. The van der Waals surface area contributed by atoms with Crippen LogP contribution in [0.3, 0.4) is 0 Å². The van der Waals surface area contributed by atoms with Crippen molar-refractivity contribution in [1.29, 1.82) is 0 Å². The van der Waals surface area contributed by atoms with Gasteiger partial charge in [-0.05, 0) is 48.6 Å². The average Bonchev–Trinajstić information content (AvgIpc) is 2.53. The number of hydrogen-bond acceptors (Lipinski definition) is 3. The van der Waals surface area contributed by atoms with E-state index in [2.05, 4.69) is 24.3 Å². The first-order valence-corrected chi connectivity index (χ1v) is 8.22. The van der Waals surface area contributed by atoms with E-state index in [-0.39, 0.29) is 18.4 Å². The second-order valence-corrected chi connectivity index (χ2v) is 5.95. The van der Waals surface area contributed by atoms with Crippen molar-refractivity contribution in [3.05, 3.63) is 59.1 Å². The SMILES string of the molecule is CCOC(=O)CC(N)CCc1ccc(-c2cccc(Cl)c2)cc1. The van der Waals surface area contributed by atoms with E-state index in [0.717, 1.165) is 29.0 Å². The lowest BCUT2D eigenvalue weighted by atomic mass is 10.00. The molecule has 2 aromatic carbocycles. The lowest BCUT2D eigenvalue weighted by Gasteiger charge is -2.11. The number of aryl methyl sites for hydroxylation is 1. The Morgan fingerprint density at radius 2 is 1.91 bits per heavy atom. The molecule has 0 saturated carbocycles. The average molecular weight is 332 g/mol. The van der Waals surface area contributed by atoms with Crippen LogP contribution in [0.1, 0.15) is 25.3 Å². The number of ether oxygens (including phenoxy) is 1. The van der Waals surface area contributed by atoms with Gasteiger partial charge in [-0.15, -0.1) is 0 Å². The van der Waals surface area contributed by atoms with Crippen LogP contribution < -0.4 is 5.73 Å². The monoisotopic (exact) mass is 331 g/mol. The molecule has 0 fully saturated rings. The maximum absolute atomic E-state index is 11.4. The van der Waals surface area contributed by atoms with E-state index < -0.39 is 0 Å². The molecule has 0 radical (unpaired) electrons. The normalized spacial score (nSPS) is 12.0. The molecule has 0 aliphatic rings. The highest BCUT2D eigenvalue weighted by atomic mass is 35.5. The molecule has 2 aromatic rings. The minimum Gasteiger partial charge on any atom is -0.466 e.